The molecule has 0 heteroatoms. The first-order chi connectivity index (χ1) is 15.6. The molecule has 4 aliphatic rings. The van der Waals surface area contributed by atoms with E-state index in [1.165, 1.54) is 89.9 Å². The highest BCUT2D eigenvalue weighted by Crippen LogP contribution is 2.72. The lowest BCUT2D eigenvalue weighted by Crippen LogP contribution is -2.56. The number of fused-ring (bicyclic) bond motifs is 5. The molecule has 7 atom stereocenters. The highest BCUT2D eigenvalue weighted by atomic mass is 14.7. The predicted octanol–water partition coefficient (Wildman–Crippen LogP) is 11.4. The van der Waals surface area contributed by atoms with Crippen LogP contribution in [-0.2, 0) is 0 Å². The van der Waals surface area contributed by atoms with Gasteiger partial charge in [0.25, 0.3) is 0 Å². The van der Waals surface area contributed by atoms with Crippen LogP contribution in [-0.4, -0.2) is 0 Å². The monoisotopic (exact) mass is 470 g/mol. The average Bonchev–Trinajstić information content (AvgIpc) is 3.14. The Balaban J connectivity index is 0.00000133. The van der Waals surface area contributed by atoms with Crippen LogP contribution in [0.1, 0.15) is 146 Å². The van der Waals surface area contributed by atoms with Crippen LogP contribution in [0.25, 0.3) is 0 Å². The molecule has 4 rings (SSSR count). The van der Waals surface area contributed by atoms with Gasteiger partial charge >= 0.3 is 0 Å². The second-order valence-corrected chi connectivity index (χ2v) is 14.0. The number of hydrogen-bond acceptors (Lipinski definition) is 0. The Bertz CT molecular complexity index is 684. The predicted molar refractivity (Wildman–Crippen MR) is 154 cm³/mol. The maximum absolute atomic E-state index is 3.00. The zero-order valence-corrected chi connectivity index (χ0v) is 23.7. The Morgan fingerprint density at radius 3 is 2.29 bits per heavy atom. The van der Waals surface area contributed by atoms with Gasteiger partial charge in [-0.15, -0.1) is 13.2 Å². The van der Waals surface area contributed by atoms with Crippen molar-refractivity contribution in [2.24, 2.45) is 45.3 Å². The Morgan fingerprint density at radius 2 is 1.65 bits per heavy atom. The molecule has 4 aliphatic carbocycles. The summed E-state index contributed by atoms with van der Waals surface area (Å²) >= 11 is 0. The third-order valence-corrected chi connectivity index (χ3v) is 12.4. The molecule has 0 N–H and O–H groups in total. The molecule has 0 spiro atoms. The van der Waals surface area contributed by atoms with Crippen LogP contribution in [0.4, 0.5) is 0 Å². The zero-order chi connectivity index (χ0) is 24.5. The van der Waals surface area contributed by atoms with E-state index in [0.717, 1.165) is 23.7 Å². The summed E-state index contributed by atoms with van der Waals surface area (Å²) in [7, 11) is 0. The van der Waals surface area contributed by atoms with E-state index in [4.69, 9.17) is 0 Å². The summed E-state index contributed by atoms with van der Waals surface area (Å²) in [6.07, 6.45) is 23.1. The molecule has 0 amide bonds. The van der Waals surface area contributed by atoms with E-state index in [-0.39, 0.29) is 7.43 Å². The summed E-state index contributed by atoms with van der Waals surface area (Å²) < 4.78 is 0. The normalized spacial score (nSPS) is 41.1. The summed E-state index contributed by atoms with van der Waals surface area (Å²) in [6.45, 7) is 23.9. The number of allylic oxidation sites excluding steroid dienone is 2. The first kappa shape index (κ1) is 29.7. The van der Waals surface area contributed by atoms with Crippen molar-refractivity contribution in [2.45, 2.75) is 146 Å². The maximum atomic E-state index is 3.00. The Labute approximate surface area is 215 Å². The van der Waals surface area contributed by atoms with Crippen molar-refractivity contribution >= 4 is 0 Å². The first-order valence-electron chi connectivity index (χ1n) is 14.8. The lowest BCUT2D eigenvalue weighted by molar-refractivity contribution is -0.111. The summed E-state index contributed by atoms with van der Waals surface area (Å²) in [6, 6.07) is 0. The van der Waals surface area contributed by atoms with Gasteiger partial charge < -0.3 is 0 Å². The van der Waals surface area contributed by atoms with E-state index in [2.05, 4.69) is 67.7 Å². The van der Waals surface area contributed by atoms with Gasteiger partial charge in [-0.2, -0.15) is 0 Å². The highest BCUT2D eigenvalue weighted by Gasteiger charge is 2.63. The van der Waals surface area contributed by atoms with E-state index in [0.29, 0.717) is 21.7 Å². The van der Waals surface area contributed by atoms with Crippen molar-refractivity contribution in [1.29, 1.82) is 0 Å². The molecule has 0 aliphatic heterocycles. The molecule has 0 bridgehead atoms. The van der Waals surface area contributed by atoms with Gasteiger partial charge in [0.05, 0.1) is 0 Å². The third-order valence-electron chi connectivity index (χ3n) is 12.4. The van der Waals surface area contributed by atoms with E-state index >= 15 is 0 Å². The SMILES string of the molecule is C.C=C.CCC1CCC2(C)C(=CCC3C4CCC(CCCCC(C)(C)CC)C4(C)CCC32C)C1. The van der Waals surface area contributed by atoms with Crippen LogP contribution in [0.2, 0.25) is 0 Å². The fraction of sp³-hybridized carbons (Fsp3) is 0.882. The molecule has 34 heavy (non-hydrogen) atoms. The lowest BCUT2D eigenvalue weighted by Gasteiger charge is -2.64. The molecule has 0 saturated heterocycles. The Morgan fingerprint density at radius 1 is 0.941 bits per heavy atom. The Hall–Kier alpha value is -0.520. The molecule has 0 aromatic carbocycles. The van der Waals surface area contributed by atoms with Crippen LogP contribution < -0.4 is 0 Å². The molecule has 0 heterocycles. The van der Waals surface area contributed by atoms with Gasteiger partial charge in [0, 0.05) is 0 Å². The van der Waals surface area contributed by atoms with Crippen molar-refractivity contribution in [3.05, 3.63) is 24.8 Å². The van der Waals surface area contributed by atoms with Crippen LogP contribution in [0.3, 0.4) is 0 Å². The van der Waals surface area contributed by atoms with Gasteiger partial charge in [0.1, 0.15) is 0 Å². The zero-order valence-electron chi connectivity index (χ0n) is 23.7. The minimum absolute atomic E-state index is 0. The standard InChI is InChI=1S/C31H54.C2H4.CH4/c1-8-23-17-19-30(6)25(22-23)14-16-27-26-15-13-24(12-10-11-18-28(3,4)9-2)29(26,5)20-21-31(27,30)7;1-2;/h14,23-24,26-27H,8-13,15-22H2,1-7H3;1-2H2;1H4. The largest absolute Gasteiger partial charge is 0.106 e. The summed E-state index contributed by atoms with van der Waals surface area (Å²) in [5, 5.41) is 0. The molecule has 7 unspecified atom stereocenters. The smallest absolute Gasteiger partial charge is 0.00596 e. The fourth-order valence-electron chi connectivity index (χ4n) is 9.18. The van der Waals surface area contributed by atoms with Gasteiger partial charge in [0.15, 0.2) is 0 Å². The quantitative estimate of drug-likeness (QED) is 0.256. The Kier molecular flexibility index (Phi) is 9.83. The van der Waals surface area contributed by atoms with Gasteiger partial charge in [-0.1, -0.05) is 93.2 Å². The number of rotatable bonds is 7. The molecule has 3 fully saturated rings. The van der Waals surface area contributed by atoms with E-state index < -0.39 is 0 Å². The van der Waals surface area contributed by atoms with Gasteiger partial charge in [-0.3, -0.25) is 0 Å². The molecule has 0 nitrogen and oxygen atoms in total. The van der Waals surface area contributed by atoms with Crippen LogP contribution in [0, 0.1) is 45.3 Å². The molecule has 0 radical (unpaired) electrons. The van der Waals surface area contributed by atoms with Crippen LogP contribution >= 0.6 is 0 Å². The highest BCUT2D eigenvalue weighted by molar-refractivity contribution is 5.28. The van der Waals surface area contributed by atoms with Crippen molar-refractivity contribution in [1.82, 2.24) is 0 Å². The molecular formula is C34H62. The molecular weight excluding hydrogens is 408 g/mol. The molecule has 198 valence electrons. The minimum Gasteiger partial charge on any atom is -0.106 e. The van der Waals surface area contributed by atoms with Crippen molar-refractivity contribution in [2.75, 3.05) is 0 Å². The van der Waals surface area contributed by atoms with Crippen molar-refractivity contribution in [3.8, 4) is 0 Å². The average molecular weight is 471 g/mol. The number of unbranched alkanes of at least 4 members (excludes halogenated alkanes) is 1. The van der Waals surface area contributed by atoms with E-state index in [1.807, 2.05) is 5.57 Å². The number of hydrogen-bond donors (Lipinski definition) is 0. The van der Waals surface area contributed by atoms with Gasteiger partial charge in [0.2, 0.25) is 0 Å². The molecule has 3 saturated carbocycles. The minimum atomic E-state index is 0. The lowest BCUT2D eigenvalue weighted by atomic mass is 9.40. The first-order valence-corrected chi connectivity index (χ1v) is 14.8. The topological polar surface area (TPSA) is 0 Å². The summed E-state index contributed by atoms with van der Waals surface area (Å²) in [5.41, 5.74) is 4.10. The maximum Gasteiger partial charge on any atom is -0.00596 e. The molecule has 0 aromatic heterocycles. The van der Waals surface area contributed by atoms with Gasteiger partial charge in [-0.25, -0.2) is 0 Å². The fourth-order valence-corrected chi connectivity index (χ4v) is 9.18. The van der Waals surface area contributed by atoms with Crippen LogP contribution in [0.15, 0.2) is 24.8 Å². The van der Waals surface area contributed by atoms with E-state index in [1.54, 1.807) is 0 Å². The van der Waals surface area contributed by atoms with Crippen LogP contribution in [0.5, 0.6) is 0 Å². The van der Waals surface area contributed by atoms with Crippen molar-refractivity contribution < 1.29 is 0 Å². The van der Waals surface area contributed by atoms with Crippen molar-refractivity contribution in [3.63, 3.8) is 0 Å². The summed E-state index contributed by atoms with van der Waals surface area (Å²) in [4.78, 5) is 0. The second-order valence-electron chi connectivity index (χ2n) is 14.0. The molecule has 0 aromatic rings. The summed E-state index contributed by atoms with van der Waals surface area (Å²) in [5.74, 6) is 3.90. The van der Waals surface area contributed by atoms with Gasteiger partial charge in [-0.05, 0) is 110 Å². The third kappa shape index (κ3) is 5.00. The second kappa shape index (κ2) is 11.3. The van der Waals surface area contributed by atoms with E-state index in [9.17, 15) is 0 Å².